The fraction of sp³-hybridized carbons (Fsp3) is 0.478. The van der Waals surface area contributed by atoms with Gasteiger partial charge in [0, 0.05) is 44.3 Å². The molecule has 2 aromatic heterocycles. The van der Waals surface area contributed by atoms with E-state index in [0.29, 0.717) is 25.7 Å². The summed E-state index contributed by atoms with van der Waals surface area (Å²) in [6.45, 7) is 4.38. The lowest BCUT2D eigenvalue weighted by Crippen LogP contribution is -2.52. The van der Waals surface area contributed by atoms with Gasteiger partial charge in [-0.2, -0.15) is 5.10 Å². The predicted molar refractivity (Wildman–Crippen MR) is 125 cm³/mol. The third kappa shape index (κ3) is 4.17. The van der Waals surface area contributed by atoms with Crippen molar-refractivity contribution >= 4 is 34.4 Å². The van der Waals surface area contributed by atoms with E-state index in [-0.39, 0.29) is 5.91 Å². The molecule has 5 rings (SSSR count). The Morgan fingerprint density at radius 3 is 2.75 bits per heavy atom. The van der Waals surface area contributed by atoms with Crippen molar-refractivity contribution in [3.63, 3.8) is 0 Å². The third-order valence-corrected chi connectivity index (χ3v) is 7.06. The third-order valence-electron chi connectivity index (χ3n) is 6.69. The van der Waals surface area contributed by atoms with Crippen LogP contribution in [0.5, 0.6) is 0 Å². The Hall–Kier alpha value is -2.71. The second kappa shape index (κ2) is 9.03. The first-order chi connectivity index (χ1) is 15.6. The first-order valence-electron chi connectivity index (χ1n) is 11.2. The van der Waals surface area contributed by atoms with Crippen LogP contribution in [-0.4, -0.2) is 80.8 Å². The van der Waals surface area contributed by atoms with Crippen LogP contribution in [0.15, 0.2) is 36.8 Å². The number of aryl methyl sites for hydroxylation is 1. The summed E-state index contributed by atoms with van der Waals surface area (Å²) in [5.41, 5.74) is 1.99. The van der Waals surface area contributed by atoms with Gasteiger partial charge in [0.25, 0.3) is 0 Å². The minimum atomic E-state index is 0.213. The zero-order valence-electron chi connectivity index (χ0n) is 18.3. The Labute approximate surface area is 192 Å². The van der Waals surface area contributed by atoms with Crippen molar-refractivity contribution in [2.75, 3.05) is 44.2 Å². The molecule has 0 bridgehead atoms. The van der Waals surface area contributed by atoms with E-state index < -0.39 is 0 Å². The average molecular weight is 454 g/mol. The Bertz CT molecular complexity index is 1110. The molecule has 2 aliphatic rings. The van der Waals surface area contributed by atoms with E-state index in [9.17, 15) is 4.79 Å². The van der Waals surface area contributed by atoms with Gasteiger partial charge in [-0.1, -0.05) is 29.8 Å². The van der Waals surface area contributed by atoms with Gasteiger partial charge in [0.1, 0.15) is 12.1 Å². The number of amides is 1. The Kier molecular flexibility index (Phi) is 5.97. The maximum absolute atomic E-state index is 13.1. The summed E-state index contributed by atoms with van der Waals surface area (Å²) in [6.07, 6.45) is 6.54. The van der Waals surface area contributed by atoms with Gasteiger partial charge in [0.05, 0.1) is 18.1 Å². The van der Waals surface area contributed by atoms with Gasteiger partial charge in [-0.15, -0.1) is 0 Å². The molecule has 1 amide bonds. The molecule has 168 valence electrons. The van der Waals surface area contributed by atoms with E-state index in [1.807, 2.05) is 36.3 Å². The van der Waals surface area contributed by atoms with E-state index in [1.54, 1.807) is 11.0 Å². The number of rotatable bonds is 5. The maximum Gasteiger partial charge on any atom is 0.236 e. The summed E-state index contributed by atoms with van der Waals surface area (Å²) < 4.78 is 1.76. The van der Waals surface area contributed by atoms with Crippen LogP contribution in [0.25, 0.3) is 11.0 Å². The van der Waals surface area contributed by atoms with E-state index in [1.165, 1.54) is 5.56 Å². The molecule has 32 heavy (non-hydrogen) atoms. The molecule has 2 saturated heterocycles. The van der Waals surface area contributed by atoms with Crippen molar-refractivity contribution in [1.29, 1.82) is 0 Å². The number of anilines is 1. The minimum Gasteiger partial charge on any atom is -0.352 e. The molecular formula is C23H28ClN7O. The molecule has 0 radical (unpaired) electrons. The minimum absolute atomic E-state index is 0.213. The highest BCUT2D eigenvalue weighted by Gasteiger charge is 2.30. The monoisotopic (exact) mass is 453 g/mol. The fourth-order valence-electron chi connectivity index (χ4n) is 4.90. The van der Waals surface area contributed by atoms with Gasteiger partial charge in [-0.25, -0.2) is 9.97 Å². The lowest BCUT2D eigenvalue weighted by Gasteiger charge is -2.36. The van der Waals surface area contributed by atoms with Crippen LogP contribution >= 0.6 is 11.6 Å². The van der Waals surface area contributed by atoms with Crippen molar-refractivity contribution in [2.24, 2.45) is 7.05 Å². The van der Waals surface area contributed by atoms with Crippen molar-refractivity contribution in [3.05, 3.63) is 47.4 Å². The van der Waals surface area contributed by atoms with Crippen LogP contribution in [0.3, 0.4) is 0 Å². The van der Waals surface area contributed by atoms with Crippen LogP contribution < -0.4 is 4.90 Å². The quantitative estimate of drug-likeness (QED) is 0.590. The van der Waals surface area contributed by atoms with Crippen molar-refractivity contribution < 1.29 is 4.79 Å². The topological polar surface area (TPSA) is 70.4 Å². The van der Waals surface area contributed by atoms with Crippen LogP contribution in [-0.2, 0) is 18.3 Å². The normalized spacial score (nSPS) is 19.8. The number of hydrogen-bond acceptors (Lipinski definition) is 6. The molecule has 8 nitrogen and oxygen atoms in total. The number of carbonyl (C=O) groups is 1. The molecular weight excluding hydrogens is 426 g/mol. The number of nitrogens with zero attached hydrogens (tertiary/aromatic N) is 7. The molecule has 0 aliphatic carbocycles. The Morgan fingerprint density at radius 1 is 1.12 bits per heavy atom. The molecule has 2 fully saturated rings. The highest BCUT2D eigenvalue weighted by Crippen LogP contribution is 2.26. The maximum atomic E-state index is 13.1. The van der Waals surface area contributed by atoms with Crippen LogP contribution in [0.2, 0.25) is 5.02 Å². The molecule has 3 aromatic rings. The number of likely N-dealkylation sites (tertiary alicyclic amines) is 1. The first-order valence-corrected chi connectivity index (χ1v) is 11.6. The number of aromatic nitrogens is 4. The number of carbonyl (C=O) groups excluding carboxylic acids is 1. The number of halogens is 1. The number of fused-ring (bicyclic) bond motifs is 1. The lowest BCUT2D eigenvalue weighted by atomic mass is 10.0. The van der Waals surface area contributed by atoms with Crippen molar-refractivity contribution in [1.82, 2.24) is 29.5 Å². The van der Waals surface area contributed by atoms with Gasteiger partial charge in [-0.3, -0.25) is 14.4 Å². The van der Waals surface area contributed by atoms with E-state index in [0.717, 1.165) is 60.8 Å². The molecule has 1 unspecified atom stereocenters. The summed E-state index contributed by atoms with van der Waals surface area (Å²) in [5, 5.41) is 6.07. The molecule has 2 aliphatic heterocycles. The lowest BCUT2D eigenvalue weighted by molar-refractivity contribution is -0.132. The van der Waals surface area contributed by atoms with Gasteiger partial charge < -0.3 is 9.80 Å². The van der Waals surface area contributed by atoms with Gasteiger partial charge in [-0.05, 0) is 37.4 Å². The van der Waals surface area contributed by atoms with Crippen LogP contribution in [0.1, 0.15) is 18.4 Å². The molecule has 0 saturated carbocycles. The molecule has 4 heterocycles. The first kappa shape index (κ1) is 21.2. The van der Waals surface area contributed by atoms with Gasteiger partial charge in [0.2, 0.25) is 5.91 Å². The van der Waals surface area contributed by atoms with Gasteiger partial charge >= 0.3 is 0 Å². The predicted octanol–water partition coefficient (Wildman–Crippen LogP) is 2.37. The van der Waals surface area contributed by atoms with Crippen LogP contribution in [0, 0.1) is 0 Å². The molecule has 9 heteroatoms. The standard InChI is InChI=1S/C23H28ClN7O/c1-28-22-19(14-27-28)23(26-16-25-22)30-11-9-29(10-12-30)21(32)15-31-8-4-6-18(31)13-17-5-2-3-7-20(17)24/h2-3,5,7,14,16,18H,4,6,8-13,15H2,1H3. The van der Waals surface area contributed by atoms with Gasteiger partial charge in [0.15, 0.2) is 5.65 Å². The van der Waals surface area contributed by atoms with E-state index >= 15 is 0 Å². The number of benzene rings is 1. The van der Waals surface area contributed by atoms with Crippen molar-refractivity contribution in [2.45, 2.75) is 25.3 Å². The fourth-order valence-corrected chi connectivity index (χ4v) is 5.11. The zero-order valence-corrected chi connectivity index (χ0v) is 19.1. The summed E-state index contributed by atoms with van der Waals surface area (Å²) in [4.78, 5) is 28.4. The number of piperazine rings is 1. The highest BCUT2D eigenvalue weighted by atomic mass is 35.5. The summed E-state index contributed by atoms with van der Waals surface area (Å²) in [5.74, 6) is 1.11. The largest absolute Gasteiger partial charge is 0.352 e. The molecule has 1 aromatic carbocycles. The smallest absolute Gasteiger partial charge is 0.236 e. The number of hydrogen-bond donors (Lipinski definition) is 0. The summed E-state index contributed by atoms with van der Waals surface area (Å²) >= 11 is 6.37. The van der Waals surface area contributed by atoms with Crippen LogP contribution in [0.4, 0.5) is 5.82 Å². The Balaban J connectivity index is 1.19. The molecule has 0 N–H and O–H groups in total. The highest BCUT2D eigenvalue weighted by molar-refractivity contribution is 6.31. The Morgan fingerprint density at radius 2 is 1.94 bits per heavy atom. The zero-order chi connectivity index (χ0) is 22.1. The van der Waals surface area contributed by atoms with E-state index in [4.69, 9.17) is 11.6 Å². The SMILES string of the molecule is Cn1ncc2c(N3CCN(C(=O)CN4CCCC4Cc4ccccc4Cl)CC3)ncnc21. The van der Waals surface area contributed by atoms with Crippen molar-refractivity contribution in [3.8, 4) is 0 Å². The molecule has 1 atom stereocenters. The second-order valence-corrected chi connectivity index (χ2v) is 9.04. The summed E-state index contributed by atoms with van der Waals surface area (Å²) in [7, 11) is 1.88. The summed E-state index contributed by atoms with van der Waals surface area (Å²) in [6, 6.07) is 8.40. The average Bonchev–Trinajstić information content (AvgIpc) is 3.41. The second-order valence-electron chi connectivity index (χ2n) is 8.63. The van der Waals surface area contributed by atoms with E-state index in [2.05, 4.69) is 30.9 Å². The molecule has 0 spiro atoms.